The van der Waals surface area contributed by atoms with E-state index < -0.39 is 0 Å². The first kappa shape index (κ1) is 12.0. The van der Waals surface area contributed by atoms with Crippen LogP contribution in [0.25, 0.3) is 0 Å². The third-order valence-corrected chi connectivity index (χ3v) is 5.49. The molecule has 2 unspecified atom stereocenters. The Labute approximate surface area is 110 Å². The average molecular weight is 245 g/mol. The monoisotopic (exact) mass is 245 g/mol. The summed E-state index contributed by atoms with van der Waals surface area (Å²) in [6, 6.07) is 7.34. The number of nitrogens with zero attached hydrogens (tertiary/aromatic N) is 1. The maximum absolute atomic E-state index is 5.41. The fourth-order valence-electron chi connectivity index (χ4n) is 3.94. The van der Waals surface area contributed by atoms with Crippen molar-refractivity contribution in [2.24, 2.45) is 5.92 Å². The molecule has 0 radical (unpaired) electrons. The van der Waals surface area contributed by atoms with Crippen molar-refractivity contribution >= 4 is 0 Å². The van der Waals surface area contributed by atoms with Crippen molar-refractivity contribution < 1.29 is 4.74 Å². The Morgan fingerprint density at radius 3 is 2.89 bits per heavy atom. The minimum absolute atomic E-state index is 0.319. The summed E-state index contributed by atoms with van der Waals surface area (Å²) in [6.07, 6.45) is 2.44. The molecule has 1 fully saturated rings. The van der Waals surface area contributed by atoms with Crippen molar-refractivity contribution in [3.8, 4) is 5.75 Å². The van der Waals surface area contributed by atoms with Gasteiger partial charge in [0.05, 0.1) is 7.11 Å². The summed E-state index contributed by atoms with van der Waals surface area (Å²) in [5, 5.41) is 0. The highest BCUT2D eigenvalue weighted by molar-refractivity contribution is 5.44. The van der Waals surface area contributed by atoms with E-state index in [4.69, 9.17) is 4.74 Å². The maximum atomic E-state index is 5.41. The lowest BCUT2D eigenvalue weighted by Crippen LogP contribution is -2.56. The zero-order valence-corrected chi connectivity index (χ0v) is 11.9. The van der Waals surface area contributed by atoms with Gasteiger partial charge in [0.15, 0.2) is 0 Å². The van der Waals surface area contributed by atoms with Crippen LogP contribution in [-0.2, 0) is 11.8 Å². The molecule has 3 rings (SSSR count). The highest BCUT2D eigenvalue weighted by Gasteiger charge is 2.47. The lowest BCUT2D eigenvalue weighted by Gasteiger charge is -2.53. The lowest BCUT2D eigenvalue weighted by atomic mass is 9.59. The van der Waals surface area contributed by atoms with Crippen LogP contribution in [0.15, 0.2) is 18.2 Å². The smallest absolute Gasteiger partial charge is 0.119 e. The molecule has 1 aromatic carbocycles. The molecule has 98 valence electrons. The van der Waals surface area contributed by atoms with E-state index in [2.05, 4.69) is 44.0 Å². The number of rotatable bonds is 1. The number of likely N-dealkylation sites (tertiary alicyclic amines) is 1. The second-order valence-corrected chi connectivity index (χ2v) is 6.23. The van der Waals surface area contributed by atoms with E-state index >= 15 is 0 Å². The van der Waals surface area contributed by atoms with Crippen molar-refractivity contribution in [2.45, 2.75) is 38.1 Å². The van der Waals surface area contributed by atoms with E-state index in [-0.39, 0.29) is 0 Å². The van der Waals surface area contributed by atoms with Crippen LogP contribution in [0.4, 0.5) is 0 Å². The van der Waals surface area contributed by atoms with Gasteiger partial charge in [-0.05, 0) is 61.0 Å². The van der Waals surface area contributed by atoms with Crippen LogP contribution in [0, 0.1) is 5.92 Å². The molecule has 1 aromatic rings. The van der Waals surface area contributed by atoms with Crippen molar-refractivity contribution in [3.63, 3.8) is 0 Å². The fraction of sp³-hybridized carbons (Fsp3) is 0.625. The van der Waals surface area contributed by atoms with E-state index in [1.54, 1.807) is 7.11 Å². The molecule has 2 bridgehead atoms. The van der Waals surface area contributed by atoms with Gasteiger partial charge in [-0.2, -0.15) is 0 Å². The zero-order valence-electron chi connectivity index (χ0n) is 11.9. The number of likely N-dealkylation sites (N-methyl/N-ethyl adjacent to an activating group) is 1. The molecule has 0 saturated carbocycles. The van der Waals surface area contributed by atoms with Gasteiger partial charge in [0.25, 0.3) is 0 Å². The van der Waals surface area contributed by atoms with Gasteiger partial charge in [-0.1, -0.05) is 19.9 Å². The second kappa shape index (κ2) is 3.99. The van der Waals surface area contributed by atoms with Gasteiger partial charge in [-0.25, -0.2) is 0 Å². The van der Waals surface area contributed by atoms with Gasteiger partial charge in [0.2, 0.25) is 0 Å². The second-order valence-electron chi connectivity index (χ2n) is 6.23. The minimum atomic E-state index is 0.319. The largest absolute Gasteiger partial charge is 0.497 e. The van der Waals surface area contributed by atoms with Gasteiger partial charge in [0, 0.05) is 6.04 Å². The van der Waals surface area contributed by atoms with Crippen molar-refractivity contribution in [3.05, 3.63) is 29.3 Å². The summed E-state index contributed by atoms with van der Waals surface area (Å²) in [5.41, 5.74) is 3.37. The van der Waals surface area contributed by atoms with E-state index in [0.29, 0.717) is 11.5 Å². The van der Waals surface area contributed by atoms with Gasteiger partial charge in [0.1, 0.15) is 5.75 Å². The third-order valence-electron chi connectivity index (χ3n) is 5.49. The molecule has 1 heterocycles. The number of ether oxygens (including phenoxy) is 1. The summed E-state index contributed by atoms with van der Waals surface area (Å²) in [7, 11) is 4.03. The lowest BCUT2D eigenvalue weighted by molar-refractivity contribution is 0.0506. The molecule has 2 aliphatic rings. The molecule has 2 nitrogen and oxygen atoms in total. The van der Waals surface area contributed by atoms with Crippen LogP contribution in [0.1, 0.15) is 31.4 Å². The molecule has 0 amide bonds. The van der Waals surface area contributed by atoms with Crippen molar-refractivity contribution in [1.29, 1.82) is 0 Å². The third kappa shape index (κ3) is 1.51. The van der Waals surface area contributed by atoms with Crippen LogP contribution in [0.5, 0.6) is 5.75 Å². The Balaban J connectivity index is 2.13. The number of benzene rings is 1. The molecule has 3 atom stereocenters. The Kier molecular flexibility index (Phi) is 2.67. The molecule has 0 aromatic heterocycles. The maximum Gasteiger partial charge on any atom is 0.119 e. The zero-order chi connectivity index (χ0) is 12.9. The number of hydrogen-bond acceptors (Lipinski definition) is 2. The molecule has 1 aliphatic carbocycles. The van der Waals surface area contributed by atoms with Gasteiger partial charge < -0.3 is 9.64 Å². The minimum Gasteiger partial charge on any atom is -0.497 e. The average Bonchev–Trinajstić information content (AvgIpc) is 2.38. The number of methoxy groups -OCH3 is 1. The molecular formula is C16H23NO. The normalized spacial score (nSPS) is 35.1. The number of piperidine rings is 1. The Morgan fingerprint density at radius 1 is 1.39 bits per heavy atom. The Bertz CT molecular complexity index is 470. The summed E-state index contributed by atoms with van der Waals surface area (Å²) < 4.78 is 5.41. The molecule has 18 heavy (non-hydrogen) atoms. The van der Waals surface area contributed by atoms with Crippen LogP contribution in [0.2, 0.25) is 0 Å². The molecule has 0 N–H and O–H groups in total. The standard InChI is InChI=1S/C16H23NO/c1-11-15-9-12-5-6-13(18-4)10-14(12)16(11,2)7-8-17(15)3/h5-6,10-11,15H,7-9H2,1-4H3/t11?,15?,16-/m0/s1. The predicted octanol–water partition coefficient (Wildman–Crippen LogP) is 2.85. The first-order valence-corrected chi connectivity index (χ1v) is 6.94. The van der Waals surface area contributed by atoms with E-state index in [1.807, 2.05) is 0 Å². The van der Waals surface area contributed by atoms with E-state index in [9.17, 15) is 0 Å². The summed E-state index contributed by atoms with van der Waals surface area (Å²) >= 11 is 0. The first-order valence-electron chi connectivity index (χ1n) is 6.94. The van der Waals surface area contributed by atoms with Crippen LogP contribution in [0.3, 0.4) is 0 Å². The fourth-order valence-corrected chi connectivity index (χ4v) is 3.94. The van der Waals surface area contributed by atoms with Crippen molar-refractivity contribution in [2.75, 3.05) is 20.7 Å². The van der Waals surface area contributed by atoms with Gasteiger partial charge >= 0.3 is 0 Å². The van der Waals surface area contributed by atoms with Gasteiger partial charge in [-0.3, -0.25) is 0 Å². The first-order chi connectivity index (χ1) is 8.56. The molecule has 0 spiro atoms. The highest BCUT2D eigenvalue weighted by atomic mass is 16.5. The Hall–Kier alpha value is -1.02. The molecular weight excluding hydrogens is 222 g/mol. The summed E-state index contributed by atoms with van der Waals surface area (Å²) in [4.78, 5) is 2.54. The predicted molar refractivity (Wildman–Crippen MR) is 74.2 cm³/mol. The molecule has 1 saturated heterocycles. The SMILES string of the molecule is COc1ccc2c(c1)[C@@]1(C)CCN(C)C(C2)C1C. The van der Waals surface area contributed by atoms with Crippen molar-refractivity contribution in [1.82, 2.24) is 4.90 Å². The van der Waals surface area contributed by atoms with E-state index in [0.717, 1.165) is 11.7 Å². The molecule has 2 heteroatoms. The summed E-state index contributed by atoms with van der Waals surface area (Å²) in [5.74, 6) is 1.72. The van der Waals surface area contributed by atoms with Crippen LogP contribution < -0.4 is 4.74 Å². The quantitative estimate of drug-likeness (QED) is 0.754. The summed E-state index contributed by atoms with van der Waals surface area (Å²) in [6.45, 7) is 6.07. The highest BCUT2D eigenvalue weighted by Crippen LogP contribution is 2.48. The molecule has 1 aliphatic heterocycles. The van der Waals surface area contributed by atoms with Crippen LogP contribution in [-0.4, -0.2) is 31.6 Å². The Morgan fingerprint density at radius 2 is 2.17 bits per heavy atom. The van der Waals surface area contributed by atoms with E-state index in [1.165, 1.54) is 30.5 Å². The number of fused-ring (bicyclic) bond motifs is 4. The topological polar surface area (TPSA) is 12.5 Å². The van der Waals surface area contributed by atoms with Crippen LogP contribution >= 0.6 is 0 Å². The van der Waals surface area contributed by atoms with Gasteiger partial charge in [-0.15, -0.1) is 0 Å². The number of hydrogen-bond donors (Lipinski definition) is 0.